The molecule has 1 aliphatic rings. The van der Waals surface area contributed by atoms with Crippen LogP contribution < -0.4 is 16.0 Å². The van der Waals surface area contributed by atoms with Crippen molar-refractivity contribution in [1.82, 2.24) is 5.32 Å². The summed E-state index contributed by atoms with van der Waals surface area (Å²) >= 11 is 0. The Morgan fingerprint density at radius 1 is 1.45 bits per heavy atom. The maximum Gasteiger partial charge on any atom is 0.0446 e. The van der Waals surface area contributed by atoms with Crippen LogP contribution in [0.4, 0.5) is 5.69 Å². The number of likely N-dealkylation sites (N-methyl/N-ethyl adjacent to an activating group) is 1. The van der Waals surface area contributed by atoms with E-state index >= 15 is 0 Å². The fourth-order valence-electron chi connectivity index (χ4n) is 2.93. The molecule has 0 radical (unpaired) electrons. The molecule has 1 heterocycles. The Morgan fingerprint density at radius 3 is 2.95 bits per heavy atom. The van der Waals surface area contributed by atoms with Crippen LogP contribution >= 0.6 is 0 Å². The van der Waals surface area contributed by atoms with Gasteiger partial charge in [-0.25, -0.2) is 0 Å². The number of hydrogen-bond donors (Lipinski definition) is 3. The van der Waals surface area contributed by atoms with Gasteiger partial charge in [-0.1, -0.05) is 12.1 Å². The molecule has 2 rings (SSSR count). The van der Waals surface area contributed by atoms with E-state index < -0.39 is 0 Å². The van der Waals surface area contributed by atoms with Gasteiger partial charge in [-0.05, 0) is 43.4 Å². The number of fused-ring (bicyclic) bond motifs is 1. The lowest BCUT2D eigenvalue weighted by Gasteiger charge is -2.23. The van der Waals surface area contributed by atoms with Crippen molar-refractivity contribution < 1.29 is 5.11 Å². The summed E-state index contributed by atoms with van der Waals surface area (Å²) in [6.45, 7) is 4.11. The van der Waals surface area contributed by atoms with Crippen LogP contribution in [0.3, 0.4) is 0 Å². The number of anilines is 1. The quantitative estimate of drug-likeness (QED) is 0.705. The lowest BCUT2D eigenvalue weighted by atomic mass is 10.0. The van der Waals surface area contributed by atoms with Gasteiger partial charge in [0, 0.05) is 44.5 Å². The van der Waals surface area contributed by atoms with Gasteiger partial charge in [0.1, 0.15) is 0 Å². The van der Waals surface area contributed by atoms with Crippen LogP contribution in [0.5, 0.6) is 0 Å². The fraction of sp³-hybridized carbons (Fsp3) is 0.625. The molecule has 2 unspecified atom stereocenters. The van der Waals surface area contributed by atoms with Crippen LogP contribution in [-0.2, 0) is 6.42 Å². The van der Waals surface area contributed by atoms with Crippen molar-refractivity contribution in [1.29, 1.82) is 0 Å². The summed E-state index contributed by atoms with van der Waals surface area (Å²) in [4.78, 5) is 2.30. The summed E-state index contributed by atoms with van der Waals surface area (Å²) in [6.07, 6.45) is 2.93. The monoisotopic (exact) mass is 277 g/mol. The highest BCUT2D eigenvalue weighted by Gasteiger charge is 2.19. The van der Waals surface area contributed by atoms with Gasteiger partial charge in [-0.15, -0.1) is 0 Å². The average molecular weight is 277 g/mol. The Kier molecular flexibility index (Phi) is 5.40. The molecule has 0 aliphatic carbocycles. The largest absolute Gasteiger partial charge is 0.396 e. The Morgan fingerprint density at radius 2 is 2.25 bits per heavy atom. The predicted octanol–water partition coefficient (Wildman–Crippen LogP) is 1.43. The number of nitrogens with zero attached hydrogens (tertiary/aromatic N) is 1. The van der Waals surface area contributed by atoms with E-state index in [1.807, 2.05) is 0 Å². The first-order valence-electron chi connectivity index (χ1n) is 7.56. The molecular weight excluding hydrogens is 250 g/mol. The van der Waals surface area contributed by atoms with Crippen LogP contribution in [0.15, 0.2) is 18.2 Å². The first-order valence-corrected chi connectivity index (χ1v) is 7.56. The molecule has 2 atom stereocenters. The molecule has 0 spiro atoms. The van der Waals surface area contributed by atoms with Crippen molar-refractivity contribution in [3.8, 4) is 0 Å². The number of benzene rings is 1. The molecule has 0 amide bonds. The molecule has 0 aromatic heterocycles. The first-order chi connectivity index (χ1) is 9.65. The van der Waals surface area contributed by atoms with Gasteiger partial charge in [0.2, 0.25) is 0 Å². The molecule has 0 saturated carbocycles. The van der Waals surface area contributed by atoms with E-state index in [1.165, 1.54) is 16.8 Å². The zero-order valence-electron chi connectivity index (χ0n) is 12.6. The summed E-state index contributed by atoms with van der Waals surface area (Å²) in [5, 5.41) is 12.5. The highest BCUT2D eigenvalue weighted by Crippen LogP contribution is 2.29. The minimum atomic E-state index is 0.194. The zero-order chi connectivity index (χ0) is 14.5. The van der Waals surface area contributed by atoms with Gasteiger partial charge in [0.05, 0.1) is 0 Å². The van der Waals surface area contributed by atoms with E-state index in [1.54, 1.807) is 0 Å². The molecule has 1 aromatic rings. The average Bonchev–Trinajstić information content (AvgIpc) is 2.83. The molecule has 20 heavy (non-hydrogen) atoms. The second-order valence-corrected chi connectivity index (χ2v) is 5.78. The third kappa shape index (κ3) is 3.51. The second-order valence-electron chi connectivity index (χ2n) is 5.78. The summed E-state index contributed by atoms with van der Waals surface area (Å²) < 4.78 is 0. The Bertz CT molecular complexity index is 436. The lowest BCUT2D eigenvalue weighted by Crippen LogP contribution is -2.35. The summed E-state index contributed by atoms with van der Waals surface area (Å²) in [7, 11) is 2.14. The van der Waals surface area contributed by atoms with E-state index in [9.17, 15) is 0 Å². The van der Waals surface area contributed by atoms with Crippen molar-refractivity contribution in [2.45, 2.75) is 38.3 Å². The summed E-state index contributed by atoms with van der Waals surface area (Å²) in [5.74, 6) is 0. The Hall–Kier alpha value is -1.10. The SMILES string of the molecule is CC(CCCO)NC(CN)c1ccc2c(c1)CCN2C. The topological polar surface area (TPSA) is 61.5 Å². The van der Waals surface area contributed by atoms with E-state index in [0.717, 1.165) is 25.8 Å². The third-order valence-electron chi connectivity index (χ3n) is 4.15. The molecule has 0 saturated heterocycles. The Balaban J connectivity index is 2.04. The van der Waals surface area contributed by atoms with E-state index in [4.69, 9.17) is 10.8 Å². The van der Waals surface area contributed by atoms with Gasteiger partial charge in [-0.3, -0.25) is 0 Å². The van der Waals surface area contributed by atoms with Crippen molar-refractivity contribution >= 4 is 5.69 Å². The molecule has 1 aromatic carbocycles. The number of rotatable bonds is 7. The van der Waals surface area contributed by atoms with Gasteiger partial charge < -0.3 is 21.1 Å². The van der Waals surface area contributed by atoms with Gasteiger partial charge in [-0.2, -0.15) is 0 Å². The van der Waals surface area contributed by atoms with Crippen LogP contribution in [0.2, 0.25) is 0 Å². The van der Waals surface area contributed by atoms with Gasteiger partial charge in [0.15, 0.2) is 0 Å². The van der Waals surface area contributed by atoms with Crippen molar-refractivity contribution in [2.24, 2.45) is 5.73 Å². The number of aliphatic hydroxyl groups excluding tert-OH is 1. The summed E-state index contributed by atoms with van der Waals surface area (Å²) in [5.41, 5.74) is 9.98. The normalized spacial score (nSPS) is 17.1. The van der Waals surface area contributed by atoms with Crippen LogP contribution in [0.25, 0.3) is 0 Å². The minimum absolute atomic E-state index is 0.194. The molecule has 0 bridgehead atoms. The molecule has 4 heteroatoms. The molecule has 4 nitrogen and oxygen atoms in total. The smallest absolute Gasteiger partial charge is 0.0446 e. The van der Waals surface area contributed by atoms with Gasteiger partial charge >= 0.3 is 0 Å². The van der Waals surface area contributed by atoms with Crippen LogP contribution in [0, 0.1) is 0 Å². The molecule has 0 fully saturated rings. The van der Waals surface area contributed by atoms with Gasteiger partial charge in [0.25, 0.3) is 0 Å². The lowest BCUT2D eigenvalue weighted by molar-refractivity contribution is 0.274. The van der Waals surface area contributed by atoms with E-state index in [-0.39, 0.29) is 12.6 Å². The highest BCUT2D eigenvalue weighted by molar-refractivity contribution is 5.58. The zero-order valence-corrected chi connectivity index (χ0v) is 12.6. The molecular formula is C16H27N3O. The molecule has 112 valence electrons. The standard InChI is InChI=1S/C16H27N3O/c1-12(4-3-9-20)18-15(11-17)13-5-6-16-14(10-13)7-8-19(16)2/h5-6,10,12,15,18,20H,3-4,7-9,11,17H2,1-2H3. The maximum atomic E-state index is 8.90. The van der Waals surface area contributed by atoms with Crippen molar-refractivity contribution in [3.63, 3.8) is 0 Å². The van der Waals surface area contributed by atoms with Crippen molar-refractivity contribution in [3.05, 3.63) is 29.3 Å². The number of hydrogen-bond acceptors (Lipinski definition) is 4. The third-order valence-corrected chi connectivity index (χ3v) is 4.15. The molecule has 1 aliphatic heterocycles. The molecule has 4 N–H and O–H groups in total. The number of nitrogens with one attached hydrogen (secondary N) is 1. The minimum Gasteiger partial charge on any atom is -0.396 e. The maximum absolute atomic E-state index is 8.90. The highest BCUT2D eigenvalue weighted by atomic mass is 16.2. The Labute approximate surface area is 122 Å². The van der Waals surface area contributed by atoms with E-state index in [0.29, 0.717) is 12.6 Å². The summed E-state index contributed by atoms with van der Waals surface area (Å²) in [6, 6.07) is 7.25. The van der Waals surface area contributed by atoms with E-state index in [2.05, 4.69) is 42.4 Å². The van der Waals surface area contributed by atoms with Crippen LogP contribution in [-0.4, -0.2) is 37.9 Å². The second kappa shape index (κ2) is 7.07. The van der Waals surface area contributed by atoms with Crippen LogP contribution in [0.1, 0.15) is 36.9 Å². The number of aliphatic hydroxyl groups is 1. The number of nitrogens with two attached hydrogens (primary N) is 1. The fourth-order valence-corrected chi connectivity index (χ4v) is 2.93. The van der Waals surface area contributed by atoms with Crippen molar-refractivity contribution in [2.75, 3.05) is 31.6 Å². The first kappa shape index (κ1) is 15.3. The predicted molar refractivity (Wildman–Crippen MR) is 84.1 cm³/mol.